The molecule has 4 heteroatoms. The van der Waals surface area contributed by atoms with Crippen molar-refractivity contribution in [3.05, 3.63) is 51.1 Å². The Bertz CT molecular complexity index is 626. The summed E-state index contributed by atoms with van der Waals surface area (Å²) < 4.78 is 12.7. The van der Waals surface area contributed by atoms with Crippen molar-refractivity contribution in [1.29, 1.82) is 0 Å². The van der Waals surface area contributed by atoms with Gasteiger partial charge in [0.2, 0.25) is 0 Å². The Morgan fingerprint density at radius 1 is 1.04 bits per heavy atom. The quantitative estimate of drug-likeness (QED) is 0.575. The topological polar surface area (TPSA) is 30.5 Å². The molecule has 0 radical (unpaired) electrons. The summed E-state index contributed by atoms with van der Waals surface area (Å²) in [6.07, 6.45) is 0.984. The molecule has 0 aliphatic carbocycles. The molecule has 23 heavy (non-hydrogen) atoms. The molecule has 0 saturated carbocycles. The Morgan fingerprint density at radius 3 is 2.43 bits per heavy atom. The van der Waals surface area contributed by atoms with Crippen LogP contribution in [0.25, 0.3) is 0 Å². The zero-order valence-corrected chi connectivity index (χ0v) is 16.1. The van der Waals surface area contributed by atoms with Crippen LogP contribution < -0.4 is 14.8 Å². The third kappa shape index (κ3) is 5.30. The zero-order chi connectivity index (χ0) is 16.7. The maximum atomic E-state index is 5.85. The standard InChI is InChI=1S/C19H24INO2/c1-4-10-23-19-17(20)11-15(12-18(19)22-5-2)13-21-16-8-6-14(3)7-9-16/h6-9,11-12,21H,4-5,10,13H2,1-3H3. The van der Waals surface area contributed by atoms with Gasteiger partial charge < -0.3 is 14.8 Å². The lowest BCUT2D eigenvalue weighted by Gasteiger charge is -2.16. The average Bonchev–Trinajstić information content (AvgIpc) is 2.54. The second-order valence-electron chi connectivity index (χ2n) is 5.41. The van der Waals surface area contributed by atoms with E-state index in [1.54, 1.807) is 0 Å². The summed E-state index contributed by atoms with van der Waals surface area (Å²) in [7, 11) is 0. The molecule has 0 heterocycles. The molecule has 2 aromatic rings. The summed E-state index contributed by atoms with van der Waals surface area (Å²) in [4.78, 5) is 0. The second kappa shape index (κ2) is 9.01. The van der Waals surface area contributed by atoms with E-state index in [2.05, 4.69) is 78.2 Å². The number of hydrogen-bond acceptors (Lipinski definition) is 3. The van der Waals surface area contributed by atoms with Crippen LogP contribution in [0.5, 0.6) is 11.5 Å². The number of halogens is 1. The van der Waals surface area contributed by atoms with Crippen LogP contribution in [0.1, 0.15) is 31.4 Å². The van der Waals surface area contributed by atoms with Gasteiger partial charge in [-0.25, -0.2) is 0 Å². The summed E-state index contributed by atoms with van der Waals surface area (Å²) in [5.74, 6) is 1.68. The van der Waals surface area contributed by atoms with Crippen LogP contribution in [-0.2, 0) is 6.54 Å². The maximum Gasteiger partial charge on any atom is 0.174 e. The van der Waals surface area contributed by atoms with Crippen molar-refractivity contribution < 1.29 is 9.47 Å². The summed E-state index contributed by atoms with van der Waals surface area (Å²) in [5.41, 5.74) is 3.57. The van der Waals surface area contributed by atoms with Crippen LogP contribution >= 0.6 is 22.6 Å². The van der Waals surface area contributed by atoms with Gasteiger partial charge in [0.25, 0.3) is 0 Å². The fourth-order valence-electron chi connectivity index (χ4n) is 2.21. The van der Waals surface area contributed by atoms with Crippen molar-refractivity contribution in [2.45, 2.75) is 33.7 Å². The number of benzene rings is 2. The normalized spacial score (nSPS) is 10.4. The molecule has 0 amide bonds. The van der Waals surface area contributed by atoms with Crippen LogP contribution in [0.15, 0.2) is 36.4 Å². The summed E-state index contributed by atoms with van der Waals surface area (Å²) in [6, 6.07) is 12.6. The number of anilines is 1. The fraction of sp³-hybridized carbons (Fsp3) is 0.368. The highest BCUT2D eigenvalue weighted by Gasteiger charge is 2.12. The van der Waals surface area contributed by atoms with Gasteiger partial charge in [0, 0.05) is 12.2 Å². The van der Waals surface area contributed by atoms with Crippen molar-refractivity contribution in [2.75, 3.05) is 18.5 Å². The lowest BCUT2D eigenvalue weighted by molar-refractivity contribution is 0.275. The largest absolute Gasteiger partial charge is 0.490 e. The lowest BCUT2D eigenvalue weighted by atomic mass is 10.2. The van der Waals surface area contributed by atoms with E-state index in [1.807, 2.05) is 6.92 Å². The van der Waals surface area contributed by atoms with Gasteiger partial charge in [-0.1, -0.05) is 24.6 Å². The molecule has 0 unspecified atom stereocenters. The van der Waals surface area contributed by atoms with E-state index in [1.165, 1.54) is 11.1 Å². The molecule has 0 aliphatic rings. The molecule has 0 spiro atoms. The second-order valence-corrected chi connectivity index (χ2v) is 6.57. The predicted molar refractivity (Wildman–Crippen MR) is 105 cm³/mol. The predicted octanol–water partition coefficient (Wildman–Crippen LogP) is 5.40. The minimum atomic E-state index is 0.632. The number of rotatable bonds is 8. The average molecular weight is 425 g/mol. The van der Waals surface area contributed by atoms with E-state index in [9.17, 15) is 0 Å². The van der Waals surface area contributed by atoms with Crippen molar-refractivity contribution in [2.24, 2.45) is 0 Å². The first-order valence-corrected chi connectivity index (χ1v) is 9.10. The number of hydrogen-bond donors (Lipinski definition) is 1. The first kappa shape index (κ1) is 17.9. The van der Waals surface area contributed by atoms with Gasteiger partial charge in [0.15, 0.2) is 11.5 Å². The van der Waals surface area contributed by atoms with Gasteiger partial charge in [-0.2, -0.15) is 0 Å². The van der Waals surface area contributed by atoms with Gasteiger partial charge in [-0.05, 0) is 72.7 Å². The van der Waals surface area contributed by atoms with E-state index in [4.69, 9.17) is 9.47 Å². The first-order valence-electron chi connectivity index (χ1n) is 8.02. The van der Waals surface area contributed by atoms with E-state index >= 15 is 0 Å². The molecule has 0 fully saturated rings. The van der Waals surface area contributed by atoms with Crippen molar-refractivity contribution in [3.8, 4) is 11.5 Å². The molecule has 2 aromatic carbocycles. The van der Waals surface area contributed by atoms with Crippen molar-refractivity contribution in [3.63, 3.8) is 0 Å². The lowest BCUT2D eigenvalue weighted by Crippen LogP contribution is -2.05. The van der Waals surface area contributed by atoms with Gasteiger partial charge in [0.05, 0.1) is 16.8 Å². The van der Waals surface area contributed by atoms with E-state index < -0.39 is 0 Å². The SMILES string of the molecule is CCCOc1c(I)cc(CNc2ccc(C)cc2)cc1OCC. The molecule has 1 N–H and O–H groups in total. The molecule has 2 rings (SSSR count). The van der Waals surface area contributed by atoms with Gasteiger partial charge >= 0.3 is 0 Å². The van der Waals surface area contributed by atoms with Crippen LogP contribution in [0.3, 0.4) is 0 Å². The van der Waals surface area contributed by atoms with Crippen LogP contribution in [-0.4, -0.2) is 13.2 Å². The summed E-state index contributed by atoms with van der Waals surface area (Å²) in [6.45, 7) is 8.29. The van der Waals surface area contributed by atoms with Crippen LogP contribution in [0.2, 0.25) is 0 Å². The Balaban J connectivity index is 2.13. The molecule has 0 atom stereocenters. The summed E-state index contributed by atoms with van der Waals surface area (Å²) in [5, 5.41) is 3.45. The van der Waals surface area contributed by atoms with Crippen molar-refractivity contribution in [1.82, 2.24) is 0 Å². The number of aryl methyl sites for hydroxylation is 1. The van der Waals surface area contributed by atoms with E-state index in [0.29, 0.717) is 13.2 Å². The van der Waals surface area contributed by atoms with E-state index in [0.717, 1.165) is 33.7 Å². The Labute approximate surface area is 152 Å². The number of nitrogens with one attached hydrogen (secondary N) is 1. The summed E-state index contributed by atoms with van der Waals surface area (Å²) >= 11 is 2.32. The Hall–Kier alpha value is -1.43. The third-order valence-electron chi connectivity index (χ3n) is 3.37. The Morgan fingerprint density at radius 2 is 1.78 bits per heavy atom. The van der Waals surface area contributed by atoms with Gasteiger partial charge in [0.1, 0.15) is 0 Å². The van der Waals surface area contributed by atoms with Crippen molar-refractivity contribution >= 4 is 28.3 Å². The molecular formula is C19H24INO2. The molecule has 0 bridgehead atoms. The molecule has 0 aliphatic heterocycles. The smallest absolute Gasteiger partial charge is 0.174 e. The molecule has 3 nitrogen and oxygen atoms in total. The monoisotopic (exact) mass is 425 g/mol. The Kier molecular flexibility index (Phi) is 7.02. The van der Waals surface area contributed by atoms with E-state index in [-0.39, 0.29) is 0 Å². The van der Waals surface area contributed by atoms with Gasteiger partial charge in [-0.15, -0.1) is 0 Å². The van der Waals surface area contributed by atoms with Crippen LogP contribution in [0, 0.1) is 10.5 Å². The minimum absolute atomic E-state index is 0.632. The highest BCUT2D eigenvalue weighted by atomic mass is 127. The maximum absolute atomic E-state index is 5.85. The molecule has 124 valence electrons. The highest BCUT2D eigenvalue weighted by molar-refractivity contribution is 14.1. The zero-order valence-electron chi connectivity index (χ0n) is 14.0. The highest BCUT2D eigenvalue weighted by Crippen LogP contribution is 2.34. The van der Waals surface area contributed by atoms with Crippen LogP contribution in [0.4, 0.5) is 5.69 Å². The fourth-order valence-corrected chi connectivity index (χ4v) is 3.03. The molecule has 0 aromatic heterocycles. The first-order chi connectivity index (χ1) is 11.1. The van der Waals surface area contributed by atoms with Gasteiger partial charge in [-0.3, -0.25) is 0 Å². The molecule has 0 saturated heterocycles. The third-order valence-corrected chi connectivity index (χ3v) is 4.17. The minimum Gasteiger partial charge on any atom is -0.490 e. The number of ether oxygens (including phenoxy) is 2. The molecular weight excluding hydrogens is 401 g/mol.